The highest BCUT2D eigenvalue weighted by Gasteiger charge is 2.09. The fourth-order valence-corrected chi connectivity index (χ4v) is 1.93. The molecule has 0 saturated carbocycles. The lowest BCUT2D eigenvalue weighted by Gasteiger charge is -2.14. The minimum Gasteiger partial charge on any atom is -0.490 e. The highest BCUT2D eigenvalue weighted by Crippen LogP contribution is 2.31. The minimum absolute atomic E-state index is 0.151. The number of benzene rings is 1. The number of alkyl carbamates (subject to hydrolysis) is 1. The van der Waals surface area contributed by atoms with E-state index in [4.69, 9.17) is 14.2 Å². The topological polar surface area (TPSA) is 85.9 Å². The van der Waals surface area contributed by atoms with E-state index in [9.17, 15) is 9.59 Å². The van der Waals surface area contributed by atoms with Crippen molar-refractivity contribution < 1.29 is 23.8 Å². The van der Waals surface area contributed by atoms with Crippen LogP contribution in [0.25, 0.3) is 0 Å². The van der Waals surface area contributed by atoms with Crippen LogP contribution in [0.3, 0.4) is 0 Å². The largest absolute Gasteiger partial charge is 0.490 e. The molecule has 7 heteroatoms. The third-order valence-electron chi connectivity index (χ3n) is 3.05. The molecule has 0 aliphatic carbocycles. The van der Waals surface area contributed by atoms with Gasteiger partial charge in [0.25, 0.3) is 0 Å². The Morgan fingerprint density at radius 3 is 2.32 bits per heavy atom. The van der Waals surface area contributed by atoms with Crippen molar-refractivity contribution in [3.05, 3.63) is 18.2 Å². The number of hydrogen-bond acceptors (Lipinski definition) is 5. The maximum absolute atomic E-state index is 12.0. The second-order valence-corrected chi connectivity index (χ2v) is 5.30. The standard InChI is InChI=1S/C18H28N2O5/c1-4-11-24-15-8-7-14(13-16(15)25-12-5-2)20-17(21)9-10-19-18(22)23-6-3/h7-8,13H,4-6,9-12H2,1-3H3,(H,19,22)(H,20,21). The van der Waals surface area contributed by atoms with Crippen LogP contribution in [0.2, 0.25) is 0 Å². The van der Waals surface area contributed by atoms with Gasteiger partial charge in [0.2, 0.25) is 5.91 Å². The normalized spacial score (nSPS) is 10.0. The molecule has 0 heterocycles. The van der Waals surface area contributed by atoms with Gasteiger partial charge in [-0.3, -0.25) is 4.79 Å². The van der Waals surface area contributed by atoms with Gasteiger partial charge in [0.15, 0.2) is 11.5 Å². The number of rotatable bonds is 11. The Morgan fingerprint density at radius 1 is 1.00 bits per heavy atom. The van der Waals surface area contributed by atoms with Crippen LogP contribution in [0.4, 0.5) is 10.5 Å². The van der Waals surface area contributed by atoms with Crippen molar-refractivity contribution in [3.8, 4) is 11.5 Å². The Kier molecular flexibility index (Phi) is 9.89. The first kappa shape index (κ1) is 20.6. The molecule has 2 amide bonds. The number of nitrogens with one attached hydrogen (secondary N) is 2. The summed E-state index contributed by atoms with van der Waals surface area (Å²) in [6.07, 6.45) is 1.41. The van der Waals surface area contributed by atoms with Gasteiger partial charge in [-0.1, -0.05) is 13.8 Å². The molecule has 140 valence electrons. The average molecular weight is 352 g/mol. The second-order valence-electron chi connectivity index (χ2n) is 5.30. The van der Waals surface area contributed by atoms with Gasteiger partial charge in [0, 0.05) is 24.7 Å². The van der Waals surface area contributed by atoms with E-state index in [1.54, 1.807) is 25.1 Å². The zero-order valence-electron chi connectivity index (χ0n) is 15.2. The summed E-state index contributed by atoms with van der Waals surface area (Å²) in [4.78, 5) is 23.1. The summed E-state index contributed by atoms with van der Waals surface area (Å²) in [6, 6.07) is 5.30. The van der Waals surface area contributed by atoms with Crippen LogP contribution >= 0.6 is 0 Å². The first-order valence-corrected chi connectivity index (χ1v) is 8.70. The third-order valence-corrected chi connectivity index (χ3v) is 3.05. The van der Waals surface area contributed by atoms with Crippen molar-refractivity contribution in [2.75, 3.05) is 31.7 Å². The van der Waals surface area contributed by atoms with E-state index in [1.165, 1.54) is 0 Å². The zero-order valence-corrected chi connectivity index (χ0v) is 15.2. The Bertz CT molecular complexity index is 548. The van der Waals surface area contributed by atoms with Crippen molar-refractivity contribution in [1.29, 1.82) is 0 Å². The van der Waals surface area contributed by atoms with Crippen LogP contribution in [-0.2, 0) is 9.53 Å². The van der Waals surface area contributed by atoms with E-state index in [1.807, 2.05) is 13.8 Å². The van der Waals surface area contributed by atoms with Gasteiger partial charge in [-0.25, -0.2) is 4.79 Å². The van der Waals surface area contributed by atoms with Crippen molar-refractivity contribution in [1.82, 2.24) is 5.32 Å². The van der Waals surface area contributed by atoms with Gasteiger partial charge in [-0.2, -0.15) is 0 Å². The van der Waals surface area contributed by atoms with Gasteiger partial charge in [-0.15, -0.1) is 0 Å². The molecule has 25 heavy (non-hydrogen) atoms. The monoisotopic (exact) mass is 352 g/mol. The second kappa shape index (κ2) is 12.0. The predicted molar refractivity (Wildman–Crippen MR) is 96.3 cm³/mol. The first-order valence-electron chi connectivity index (χ1n) is 8.70. The minimum atomic E-state index is -0.525. The van der Waals surface area contributed by atoms with Crippen molar-refractivity contribution >= 4 is 17.7 Å². The summed E-state index contributed by atoms with van der Waals surface area (Å²) in [5, 5.41) is 5.29. The third kappa shape index (κ3) is 8.28. The molecule has 0 radical (unpaired) electrons. The number of ether oxygens (including phenoxy) is 3. The summed E-state index contributed by atoms with van der Waals surface area (Å²) in [5.41, 5.74) is 0.621. The molecule has 0 aliphatic heterocycles. The molecule has 7 nitrogen and oxygen atoms in total. The number of hydrogen-bond donors (Lipinski definition) is 2. The predicted octanol–water partition coefficient (Wildman–Crippen LogP) is 3.34. The van der Waals surface area contributed by atoms with Crippen molar-refractivity contribution in [3.63, 3.8) is 0 Å². The van der Waals surface area contributed by atoms with E-state index in [0.717, 1.165) is 12.8 Å². The first-order chi connectivity index (χ1) is 12.1. The van der Waals surface area contributed by atoms with Crippen LogP contribution in [0, 0.1) is 0 Å². The highest BCUT2D eigenvalue weighted by atomic mass is 16.5. The lowest BCUT2D eigenvalue weighted by atomic mass is 10.2. The molecule has 0 fully saturated rings. The summed E-state index contributed by atoms with van der Waals surface area (Å²) in [7, 11) is 0. The lowest BCUT2D eigenvalue weighted by Crippen LogP contribution is -2.28. The van der Waals surface area contributed by atoms with Crippen LogP contribution in [-0.4, -0.2) is 38.4 Å². The summed E-state index contributed by atoms with van der Waals surface area (Å²) in [6.45, 7) is 7.46. The maximum atomic E-state index is 12.0. The molecular weight excluding hydrogens is 324 g/mol. The fraction of sp³-hybridized carbons (Fsp3) is 0.556. The SMILES string of the molecule is CCCOc1ccc(NC(=O)CCNC(=O)OCC)cc1OCCC. The Morgan fingerprint density at radius 2 is 1.68 bits per heavy atom. The smallest absolute Gasteiger partial charge is 0.407 e. The molecule has 0 spiro atoms. The lowest BCUT2D eigenvalue weighted by molar-refractivity contribution is -0.116. The Labute approximate surface area is 149 Å². The van der Waals surface area contributed by atoms with Crippen LogP contribution in [0.15, 0.2) is 18.2 Å². The molecule has 0 bridgehead atoms. The average Bonchev–Trinajstić information content (AvgIpc) is 2.59. The van der Waals surface area contributed by atoms with Crippen LogP contribution in [0.1, 0.15) is 40.0 Å². The molecule has 1 rings (SSSR count). The van der Waals surface area contributed by atoms with E-state index in [2.05, 4.69) is 10.6 Å². The Hall–Kier alpha value is -2.44. The molecule has 1 aromatic rings. The van der Waals surface area contributed by atoms with Crippen molar-refractivity contribution in [2.24, 2.45) is 0 Å². The highest BCUT2D eigenvalue weighted by molar-refractivity contribution is 5.91. The van der Waals surface area contributed by atoms with Gasteiger partial charge >= 0.3 is 6.09 Å². The summed E-state index contributed by atoms with van der Waals surface area (Å²) >= 11 is 0. The zero-order chi connectivity index (χ0) is 18.5. The van der Waals surface area contributed by atoms with E-state index in [-0.39, 0.29) is 18.9 Å². The number of carbonyl (C=O) groups is 2. The van der Waals surface area contributed by atoms with E-state index >= 15 is 0 Å². The van der Waals surface area contributed by atoms with Gasteiger partial charge in [0.05, 0.1) is 19.8 Å². The molecular formula is C18H28N2O5. The van der Waals surface area contributed by atoms with Crippen molar-refractivity contribution in [2.45, 2.75) is 40.0 Å². The molecule has 0 unspecified atom stereocenters. The molecule has 0 atom stereocenters. The number of amides is 2. The molecule has 2 N–H and O–H groups in total. The summed E-state index contributed by atoms with van der Waals surface area (Å²) in [5.74, 6) is 1.07. The maximum Gasteiger partial charge on any atom is 0.407 e. The Balaban J connectivity index is 2.58. The number of anilines is 1. The van der Waals surface area contributed by atoms with Gasteiger partial charge < -0.3 is 24.8 Å². The van der Waals surface area contributed by atoms with E-state index in [0.29, 0.717) is 37.0 Å². The van der Waals surface area contributed by atoms with Gasteiger partial charge in [-0.05, 0) is 31.9 Å². The van der Waals surface area contributed by atoms with Crippen LogP contribution in [0.5, 0.6) is 11.5 Å². The quantitative estimate of drug-likeness (QED) is 0.638. The van der Waals surface area contributed by atoms with Crippen LogP contribution < -0.4 is 20.1 Å². The molecule has 0 aromatic heterocycles. The van der Waals surface area contributed by atoms with E-state index < -0.39 is 6.09 Å². The molecule has 1 aromatic carbocycles. The fourth-order valence-electron chi connectivity index (χ4n) is 1.93. The number of carbonyl (C=O) groups excluding carboxylic acids is 2. The molecule has 0 saturated heterocycles. The summed E-state index contributed by atoms with van der Waals surface area (Å²) < 4.78 is 16.1. The molecule has 0 aliphatic rings. The van der Waals surface area contributed by atoms with Gasteiger partial charge in [0.1, 0.15) is 0 Å².